The number of carbonyl (C=O) groups is 1. The molecule has 0 aliphatic carbocycles. The van der Waals surface area contributed by atoms with Crippen molar-refractivity contribution < 1.29 is 4.79 Å². The Bertz CT molecular complexity index is 568. The second-order valence-electron chi connectivity index (χ2n) is 7.43. The molecule has 0 aromatic heterocycles. The van der Waals surface area contributed by atoms with E-state index in [0.717, 1.165) is 18.0 Å². The lowest BCUT2D eigenvalue weighted by Gasteiger charge is -2.38. The van der Waals surface area contributed by atoms with Gasteiger partial charge in [-0.05, 0) is 48.9 Å². The number of rotatable bonds is 4. The van der Waals surface area contributed by atoms with E-state index in [1.165, 1.54) is 43.7 Å². The van der Waals surface area contributed by atoms with Gasteiger partial charge in [-0.3, -0.25) is 4.79 Å². The van der Waals surface area contributed by atoms with Gasteiger partial charge >= 0.3 is 0 Å². The van der Waals surface area contributed by atoms with E-state index < -0.39 is 0 Å². The predicted octanol–water partition coefficient (Wildman–Crippen LogP) is 3.55. The van der Waals surface area contributed by atoms with Crippen LogP contribution in [-0.4, -0.2) is 43.5 Å². The molecule has 1 saturated heterocycles. The van der Waals surface area contributed by atoms with Gasteiger partial charge in [0.15, 0.2) is 0 Å². The fourth-order valence-electron chi connectivity index (χ4n) is 3.81. The SMILES string of the molecule is CC(C)CN1CCC(N(C)c2ccc3c(c2)CCC(=O)N3)CC1.Cl. The molecule has 0 spiro atoms. The van der Waals surface area contributed by atoms with Gasteiger partial charge in [-0.1, -0.05) is 13.8 Å². The van der Waals surface area contributed by atoms with Crippen LogP contribution in [0.4, 0.5) is 11.4 Å². The van der Waals surface area contributed by atoms with E-state index in [2.05, 4.69) is 54.2 Å². The van der Waals surface area contributed by atoms with Gasteiger partial charge in [-0.2, -0.15) is 0 Å². The van der Waals surface area contributed by atoms with Gasteiger partial charge in [-0.25, -0.2) is 0 Å². The van der Waals surface area contributed by atoms with Crippen LogP contribution < -0.4 is 10.2 Å². The standard InChI is InChI=1S/C19H29N3O.ClH/c1-14(2)13-22-10-8-16(9-11-22)21(3)17-5-6-18-15(12-17)4-7-19(23)20-18;/h5-6,12,14,16H,4,7-11,13H2,1-3H3,(H,20,23);1H. The third kappa shape index (κ3) is 4.42. The Morgan fingerprint density at radius 2 is 1.96 bits per heavy atom. The highest BCUT2D eigenvalue weighted by Crippen LogP contribution is 2.29. The van der Waals surface area contributed by atoms with Crippen LogP contribution in [0.15, 0.2) is 18.2 Å². The van der Waals surface area contributed by atoms with Crippen LogP contribution in [0.2, 0.25) is 0 Å². The third-order valence-corrected chi connectivity index (χ3v) is 5.12. The fourth-order valence-corrected chi connectivity index (χ4v) is 3.81. The molecule has 24 heavy (non-hydrogen) atoms. The smallest absolute Gasteiger partial charge is 0.224 e. The first-order valence-electron chi connectivity index (χ1n) is 8.91. The molecule has 0 bridgehead atoms. The molecule has 1 aromatic carbocycles. The van der Waals surface area contributed by atoms with Crippen molar-refractivity contribution in [1.82, 2.24) is 4.90 Å². The van der Waals surface area contributed by atoms with Crippen LogP contribution in [-0.2, 0) is 11.2 Å². The summed E-state index contributed by atoms with van der Waals surface area (Å²) in [6.45, 7) is 8.21. The van der Waals surface area contributed by atoms with Crippen molar-refractivity contribution in [3.05, 3.63) is 23.8 Å². The van der Waals surface area contributed by atoms with Crippen molar-refractivity contribution >= 4 is 29.7 Å². The van der Waals surface area contributed by atoms with Crippen LogP contribution in [0.25, 0.3) is 0 Å². The molecule has 0 saturated carbocycles. The minimum Gasteiger partial charge on any atom is -0.372 e. The quantitative estimate of drug-likeness (QED) is 0.901. The summed E-state index contributed by atoms with van der Waals surface area (Å²) in [4.78, 5) is 16.5. The zero-order chi connectivity index (χ0) is 16.4. The molecule has 0 radical (unpaired) electrons. The van der Waals surface area contributed by atoms with Crippen molar-refractivity contribution in [2.45, 2.75) is 45.6 Å². The fraction of sp³-hybridized carbons (Fsp3) is 0.632. The average Bonchev–Trinajstić information content (AvgIpc) is 2.54. The molecule has 1 amide bonds. The molecule has 2 heterocycles. The van der Waals surface area contributed by atoms with Crippen LogP contribution >= 0.6 is 12.4 Å². The number of aryl methyl sites for hydroxylation is 1. The Hall–Kier alpha value is -1.26. The third-order valence-electron chi connectivity index (χ3n) is 5.12. The van der Waals surface area contributed by atoms with E-state index >= 15 is 0 Å². The number of anilines is 2. The number of nitrogens with zero attached hydrogens (tertiary/aromatic N) is 2. The normalized spacial score (nSPS) is 18.8. The lowest BCUT2D eigenvalue weighted by Crippen LogP contribution is -2.44. The monoisotopic (exact) mass is 351 g/mol. The lowest BCUT2D eigenvalue weighted by molar-refractivity contribution is -0.116. The minimum absolute atomic E-state index is 0. The van der Waals surface area contributed by atoms with Crippen molar-refractivity contribution in [1.29, 1.82) is 0 Å². The number of benzene rings is 1. The van der Waals surface area contributed by atoms with Gasteiger partial charge in [0.1, 0.15) is 0 Å². The van der Waals surface area contributed by atoms with Gasteiger partial charge in [0.05, 0.1) is 0 Å². The van der Waals surface area contributed by atoms with Crippen LogP contribution in [0, 0.1) is 5.92 Å². The molecule has 134 valence electrons. The van der Waals surface area contributed by atoms with E-state index in [-0.39, 0.29) is 18.3 Å². The number of hydrogen-bond acceptors (Lipinski definition) is 3. The van der Waals surface area contributed by atoms with E-state index in [1.54, 1.807) is 0 Å². The maximum Gasteiger partial charge on any atom is 0.224 e. The van der Waals surface area contributed by atoms with Gasteiger partial charge < -0.3 is 15.1 Å². The molecule has 0 unspecified atom stereocenters. The predicted molar refractivity (Wildman–Crippen MR) is 103 cm³/mol. The molecule has 1 N–H and O–H groups in total. The number of nitrogens with one attached hydrogen (secondary N) is 1. The zero-order valence-electron chi connectivity index (χ0n) is 15.0. The number of piperidine rings is 1. The van der Waals surface area contributed by atoms with Gasteiger partial charge in [0.2, 0.25) is 5.91 Å². The number of likely N-dealkylation sites (tertiary alicyclic amines) is 1. The summed E-state index contributed by atoms with van der Waals surface area (Å²) in [7, 11) is 2.21. The number of halogens is 1. The van der Waals surface area contributed by atoms with Gasteiger partial charge in [0, 0.05) is 50.5 Å². The Labute approximate surface area is 152 Å². The first kappa shape index (κ1) is 19.1. The second kappa shape index (κ2) is 8.21. The molecule has 2 aliphatic rings. The number of carbonyl (C=O) groups excluding carboxylic acids is 1. The van der Waals surface area contributed by atoms with E-state index in [0.29, 0.717) is 12.5 Å². The zero-order valence-corrected chi connectivity index (χ0v) is 15.9. The largest absolute Gasteiger partial charge is 0.372 e. The lowest BCUT2D eigenvalue weighted by atomic mass is 9.99. The summed E-state index contributed by atoms with van der Waals surface area (Å²) in [6.07, 6.45) is 3.93. The van der Waals surface area contributed by atoms with Gasteiger partial charge in [0.25, 0.3) is 0 Å². The molecule has 0 atom stereocenters. The summed E-state index contributed by atoms with van der Waals surface area (Å²) in [5, 5.41) is 2.97. The van der Waals surface area contributed by atoms with Crippen molar-refractivity contribution in [3.8, 4) is 0 Å². The summed E-state index contributed by atoms with van der Waals surface area (Å²) >= 11 is 0. The molecular formula is C19H30ClN3O. The first-order chi connectivity index (χ1) is 11.0. The second-order valence-corrected chi connectivity index (χ2v) is 7.43. The van der Waals surface area contributed by atoms with E-state index in [9.17, 15) is 4.79 Å². The molecule has 3 rings (SSSR count). The highest BCUT2D eigenvalue weighted by atomic mass is 35.5. The molecule has 1 fully saturated rings. The summed E-state index contributed by atoms with van der Waals surface area (Å²) < 4.78 is 0. The highest BCUT2D eigenvalue weighted by molar-refractivity contribution is 5.94. The van der Waals surface area contributed by atoms with E-state index in [1.807, 2.05) is 0 Å². The highest BCUT2D eigenvalue weighted by Gasteiger charge is 2.24. The van der Waals surface area contributed by atoms with Crippen LogP contribution in [0.1, 0.15) is 38.7 Å². The van der Waals surface area contributed by atoms with Crippen molar-refractivity contribution in [2.75, 3.05) is 36.9 Å². The minimum atomic E-state index is 0. The number of fused-ring (bicyclic) bond motifs is 1. The molecule has 2 aliphatic heterocycles. The van der Waals surface area contributed by atoms with Crippen LogP contribution in [0.3, 0.4) is 0 Å². The first-order valence-corrected chi connectivity index (χ1v) is 8.91. The molecule has 4 nitrogen and oxygen atoms in total. The topological polar surface area (TPSA) is 35.6 Å². The molecular weight excluding hydrogens is 322 g/mol. The maximum absolute atomic E-state index is 11.5. The average molecular weight is 352 g/mol. The number of hydrogen-bond donors (Lipinski definition) is 1. The Balaban J connectivity index is 0.00000208. The summed E-state index contributed by atoms with van der Waals surface area (Å²) in [5.74, 6) is 0.885. The van der Waals surface area contributed by atoms with Crippen molar-refractivity contribution in [2.24, 2.45) is 5.92 Å². The Kier molecular flexibility index (Phi) is 6.53. The maximum atomic E-state index is 11.5. The summed E-state index contributed by atoms with van der Waals surface area (Å²) in [6, 6.07) is 7.08. The Morgan fingerprint density at radius 1 is 1.25 bits per heavy atom. The van der Waals surface area contributed by atoms with Crippen molar-refractivity contribution in [3.63, 3.8) is 0 Å². The Morgan fingerprint density at radius 3 is 2.62 bits per heavy atom. The number of amides is 1. The van der Waals surface area contributed by atoms with Crippen LogP contribution in [0.5, 0.6) is 0 Å². The van der Waals surface area contributed by atoms with Gasteiger partial charge in [-0.15, -0.1) is 12.4 Å². The molecule has 1 aromatic rings. The summed E-state index contributed by atoms with van der Waals surface area (Å²) in [5.41, 5.74) is 3.54. The van der Waals surface area contributed by atoms with E-state index in [4.69, 9.17) is 0 Å². The molecule has 5 heteroatoms.